The second kappa shape index (κ2) is 10.1. The zero-order valence-electron chi connectivity index (χ0n) is 18.5. The fraction of sp³-hybridized carbons (Fsp3) is 0.143. The van der Waals surface area contributed by atoms with Crippen molar-refractivity contribution in [1.29, 1.82) is 0 Å². The third kappa shape index (κ3) is 5.72. The number of hydrogen-bond donors (Lipinski definition) is 5. The van der Waals surface area contributed by atoms with Crippen LogP contribution in [0.3, 0.4) is 0 Å². The Hall–Kier alpha value is -4.32. The maximum Gasteiger partial charge on any atom is 0.169 e. The van der Waals surface area contributed by atoms with Crippen LogP contribution in [0.25, 0.3) is 0 Å². The molecule has 4 rings (SSSR count). The van der Waals surface area contributed by atoms with Gasteiger partial charge in [-0.15, -0.1) is 0 Å². The van der Waals surface area contributed by atoms with Gasteiger partial charge in [0.15, 0.2) is 23.0 Å². The maximum absolute atomic E-state index is 10.3. The lowest BCUT2D eigenvalue weighted by molar-refractivity contribution is 0.401. The molecule has 4 aromatic carbocycles. The first kappa shape index (κ1) is 22.9. The molecule has 5 N–H and O–H groups in total. The van der Waals surface area contributed by atoms with Crippen LogP contribution in [-0.2, 0) is 25.7 Å². The van der Waals surface area contributed by atoms with Crippen molar-refractivity contribution in [2.75, 3.05) is 0 Å². The van der Waals surface area contributed by atoms with Crippen molar-refractivity contribution in [1.82, 2.24) is 0 Å². The minimum absolute atomic E-state index is 0.00507. The molecule has 0 unspecified atom stereocenters. The molecule has 0 aliphatic rings. The highest BCUT2D eigenvalue weighted by Gasteiger charge is 2.12. The Labute approximate surface area is 197 Å². The molecule has 6 heteroatoms. The predicted molar refractivity (Wildman–Crippen MR) is 129 cm³/mol. The molecular weight excluding hydrogens is 432 g/mol. The van der Waals surface area contributed by atoms with Gasteiger partial charge in [-0.1, -0.05) is 30.3 Å². The van der Waals surface area contributed by atoms with E-state index >= 15 is 0 Å². The van der Waals surface area contributed by atoms with Crippen LogP contribution in [0.2, 0.25) is 0 Å². The number of aryl methyl sites for hydroxylation is 4. The lowest BCUT2D eigenvalue weighted by atomic mass is 10.0. The van der Waals surface area contributed by atoms with E-state index in [1.165, 1.54) is 12.1 Å². The first-order valence-electron chi connectivity index (χ1n) is 11.0. The number of aromatic hydroxyl groups is 5. The molecule has 0 aliphatic carbocycles. The molecule has 4 aromatic rings. The lowest BCUT2D eigenvalue weighted by Gasteiger charge is -2.13. The Morgan fingerprint density at radius 3 is 1.91 bits per heavy atom. The number of ether oxygens (including phenoxy) is 1. The van der Waals surface area contributed by atoms with Gasteiger partial charge >= 0.3 is 0 Å². The summed E-state index contributed by atoms with van der Waals surface area (Å²) in [6.45, 7) is 0. The summed E-state index contributed by atoms with van der Waals surface area (Å²) in [7, 11) is 0. The van der Waals surface area contributed by atoms with Gasteiger partial charge in [0, 0.05) is 6.07 Å². The second-order valence-corrected chi connectivity index (χ2v) is 8.19. The van der Waals surface area contributed by atoms with Crippen LogP contribution in [0.15, 0.2) is 78.9 Å². The monoisotopic (exact) mass is 458 g/mol. The van der Waals surface area contributed by atoms with Gasteiger partial charge in [0.05, 0.1) is 0 Å². The summed E-state index contributed by atoms with van der Waals surface area (Å²) >= 11 is 0. The Morgan fingerprint density at radius 1 is 0.500 bits per heavy atom. The summed E-state index contributed by atoms with van der Waals surface area (Å²) in [5.74, 6) is 0.560. The van der Waals surface area contributed by atoms with Crippen molar-refractivity contribution in [3.8, 4) is 40.2 Å². The van der Waals surface area contributed by atoms with Crippen molar-refractivity contribution >= 4 is 0 Å². The van der Waals surface area contributed by atoms with Crippen LogP contribution in [0, 0.1) is 0 Å². The van der Waals surface area contributed by atoms with Crippen molar-refractivity contribution in [2.24, 2.45) is 0 Å². The van der Waals surface area contributed by atoms with Crippen molar-refractivity contribution in [3.05, 3.63) is 101 Å². The molecule has 0 fully saturated rings. The first-order chi connectivity index (χ1) is 16.4. The van der Waals surface area contributed by atoms with E-state index in [0.717, 1.165) is 16.7 Å². The molecule has 0 radical (unpaired) electrons. The summed E-state index contributed by atoms with van der Waals surface area (Å²) < 4.78 is 5.93. The lowest BCUT2D eigenvalue weighted by Crippen LogP contribution is -1.95. The van der Waals surface area contributed by atoms with E-state index in [1.54, 1.807) is 36.4 Å². The van der Waals surface area contributed by atoms with Crippen LogP contribution >= 0.6 is 0 Å². The van der Waals surface area contributed by atoms with Gasteiger partial charge in [0.25, 0.3) is 0 Å². The van der Waals surface area contributed by atoms with E-state index in [9.17, 15) is 25.5 Å². The largest absolute Gasteiger partial charge is 0.508 e. The third-order valence-corrected chi connectivity index (χ3v) is 5.65. The van der Waals surface area contributed by atoms with E-state index < -0.39 is 0 Å². The molecule has 0 atom stereocenters. The maximum atomic E-state index is 10.3. The smallest absolute Gasteiger partial charge is 0.169 e. The second-order valence-electron chi connectivity index (χ2n) is 8.19. The fourth-order valence-electron chi connectivity index (χ4n) is 3.73. The van der Waals surface area contributed by atoms with Crippen LogP contribution in [0.4, 0.5) is 0 Å². The first-order valence-corrected chi connectivity index (χ1v) is 11.0. The van der Waals surface area contributed by atoms with E-state index in [2.05, 4.69) is 0 Å². The van der Waals surface area contributed by atoms with Crippen molar-refractivity contribution < 1.29 is 30.3 Å². The van der Waals surface area contributed by atoms with Gasteiger partial charge in [0.2, 0.25) is 0 Å². The molecule has 0 aromatic heterocycles. The van der Waals surface area contributed by atoms with E-state index in [-0.39, 0.29) is 34.5 Å². The molecule has 0 spiro atoms. The van der Waals surface area contributed by atoms with Crippen molar-refractivity contribution in [2.45, 2.75) is 25.7 Å². The quantitative estimate of drug-likeness (QED) is 0.221. The minimum Gasteiger partial charge on any atom is -0.508 e. The average Bonchev–Trinajstić information content (AvgIpc) is 2.82. The molecule has 34 heavy (non-hydrogen) atoms. The number of phenolic OH excluding ortho intramolecular Hbond substituents is 5. The van der Waals surface area contributed by atoms with Crippen LogP contribution in [-0.4, -0.2) is 25.5 Å². The summed E-state index contributed by atoms with van der Waals surface area (Å²) in [6.07, 6.45) is 2.55. The Bertz CT molecular complexity index is 1280. The van der Waals surface area contributed by atoms with Crippen LogP contribution in [0.1, 0.15) is 22.3 Å². The molecule has 0 bridgehead atoms. The van der Waals surface area contributed by atoms with Crippen molar-refractivity contribution in [3.63, 3.8) is 0 Å². The molecule has 6 nitrogen and oxygen atoms in total. The van der Waals surface area contributed by atoms with Gasteiger partial charge in [-0.25, -0.2) is 0 Å². The average molecular weight is 459 g/mol. The van der Waals surface area contributed by atoms with Crippen LogP contribution in [0.5, 0.6) is 40.2 Å². The highest BCUT2D eigenvalue weighted by atomic mass is 16.5. The van der Waals surface area contributed by atoms with Gasteiger partial charge < -0.3 is 30.3 Å². The van der Waals surface area contributed by atoms with E-state index in [1.807, 2.05) is 30.3 Å². The third-order valence-electron chi connectivity index (χ3n) is 5.65. The Balaban J connectivity index is 1.44. The summed E-state index contributed by atoms with van der Waals surface area (Å²) in [5, 5.41) is 49.1. The zero-order valence-corrected chi connectivity index (χ0v) is 18.5. The van der Waals surface area contributed by atoms with Gasteiger partial charge in [-0.2, -0.15) is 0 Å². The Kier molecular flexibility index (Phi) is 6.78. The fourth-order valence-corrected chi connectivity index (χ4v) is 3.73. The molecular formula is C28H26O6. The van der Waals surface area contributed by atoms with Crippen LogP contribution < -0.4 is 4.74 Å². The van der Waals surface area contributed by atoms with Gasteiger partial charge in [-0.05, 0) is 90.4 Å². The molecule has 0 saturated heterocycles. The zero-order chi connectivity index (χ0) is 24.1. The molecule has 0 amide bonds. The highest BCUT2D eigenvalue weighted by molar-refractivity contribution is 5.51. The number of rotatable bonds is 8. The molecule has 0 aliphatic heterocycles. The molecule has 174 valence electrons. The molecule has 0 heterocycles. The van der Waals surface area contributed by atoms with Gasteiger partial charge in [-0.3, -0.25) is 0 Å². The highest BCUT2D eigenvalue weighted by Crippen LogP contribution is 2.37. The number of benzene rings is 4. The summed E-state index contributed by atoms with van der Waals surface area (Å²) in [4.78, 5) is 0. The standard InChI is InChI=1S/C28H26O6/c29-22-11-7-18(8-12-22)6-10-21-16-28(27(33)17-25(21)31)34-23-3-1-2-19(14-23)4-5-20-9-13-24(30)26(32)15-20/h1-3,7-9,11-17,29-33H,4-6,10H2. The van der Waals surface area contributed by atoms with E-state index in [4.69, 9.17) is 4.74 Å². The number of phenols is 5. The Morgan fingerprint density at radius 2 is 1.18 bits per heavy atom. The topological polar surface area (TPSA) is 110 Å². The number of hydrogen-bond acceptors (Lipinski definition) is 6. The molecule has 0 saturated carbocycles. The predicted octanol–water partition coefficient (Wildman–Crippen LogP) is 5.58. The SMILES string of the molecule is Oc1ccc(CCc2cc(Oc3cccc(CCc4ccc(O)c(O)c4)c3)c(O)cc2O)cc1. The minimum atomic E-state index is -0.157. The normalized spacial score (nSPS) is 10.8. The van der Waals surface area contributed by atoms with Gasteiger partial charge in [0.1, 0.15) is 17.2 Å². The summed E-state index contributed by atoms with van der Waals surface area (Å²) in [6, 6.07) is 22.1. The summed E-state index contributed by atoms with van der Waals surface area (Å²) in [5.41, 5.74) is 3.57. The van der Waals surface area contributed by atoms with E-state index in [0.29, 0.717) is 37.0 Å².